The van der Waals surface area contributed by atoms with Gasteiger partial charge in [0.1, 0.15) is 12.4 Å². The summed E-state index contributed by atoms with van der Waals surface area (Å²) in [5.41, 5.74) is 3.33. The predicted molar refractivity (Wildman–Crippen MR) is 107 cm³/mol. The zero-order valence-electron chi connectivity index (χ0n) is 14.2. The van der Waals surface area contributed by atoms with Crippen molar-refractivity contribution in [2.75, 3.05) is 13.2 Å². The van der Waals surface area contributed by atoms with E-state index in [9.17, 15) is 9.59 Å². The van der Waals surface area contributed by atoms with Gasteiger partial charge in [-0.05, 0) is 30.3 Å². The van der Waals surface area contributed by atoms with Gasteiger partial charge in [-0.3, -0.25) is 9.59 Å². The molecule has 0 aliphatic carbocycles. The quantitative estimate of drug-likeness (QED) is 0.401. The molecule has 0 aromatic heterocycles. The molecular weight excluding hydrogens is 389 g/mol. The van der Waals surface area contributed by atoms with Crippen molar-refractivity contribution in [3.63, 3.8) is 0 Å². The molecule has 8 heteroatoms. The second-order valence-electron chi connectivity index (χ2n) is 5.24. The lowest BCUT2D eigenvalue weighted by molar-refractivity contribution is -0.120. The van der Waals surface area contributed by atoms with E-state index in [1.807, 2.05) is 12.1 Å². The molecule has 0 aliphatic heterocycles. The number of rotatable bonds is 8. The van der Waals surface area contributed by atoms with Crippen molar-refractivity contribution in [3.05, 3.63) is 76.3 Å². The lowest BCUT2D eigenvalue weighted by atomic mass is 10.2. The van der Waals surface area contributed by atoms with E-state index in [0.29, 0.717) is 28.5 Å². The molecule has 0 bridgehead atoms. The first-order chi connectivity index (χ1) is 13.0. The minimum absolute atomic E-state index is 0.245. The molecule has 6 nitrogen and oxygen atoms in total. The summed E-state index contributed by atoms with van der Waals surface area (Å²) in [6, 6.07) is 11.7. The lowest BCUT2D eigenvalue weighted by Crippen LogP contribution is -2.34. The molecule has 0 aliphatic rings. The Morgan fingerprint density at radius 1 is 1.15 bits per heavy atom. The smallest absolute Gasteiger partial charge is 0.259 e. The van der Waals surface area contributed by atoms with Gasteiger partial charge in [-0.1, -0.05) is 48.0 Å². The van der Waals surface area contributed by atoms with Crippen LogP contribution in [0.15, 0.2) is 60.2 Å². The summed E-state index contributed by atoms with van der Waals surface area (Å²) in [5, 5.41) is 6.94. The normalized spacial score (nSPS) is 10.4. The Hall–Kier alpha value is -2.83. The number of hydrogen-bond donors (Lipinski definition) is 2. The first-order valence-corrected chi connectivity index (χ1v) is 8.64. The van der Waals surface area contributed by atoms with Crippen molar-refractivity contribution in [2.24, 2.45) is 5.10 Å². The fourth-order valence-electron chi connectivity index (χ4n) is 1.98. The van der Waals surface area contributed by atoms with E-state index in [4.69, 9.17) is 27.9 Å². The number of ether oxygens (including phenoxy) is 1. The second-order valence-corrected chi connectivity index (χ2v) is 6.06. The number of benzene rings is 2. The van der Waals surface area contributed by atoms with Crippen molar-refractivity contribution in [3.8, 4) is 5.75 Å². The maximum Gasteiger partial charge on any atom is 0.259 e. The second kappa shape index (κ2) is 10.4. The van der Waals surface area contributed by atoms with E-state index in [1.54, 1.807) is 18.2 Å². The van der Waals surface area contributed by atoms with Gasteiger partial charge in [0.2, 0.25) is 0 Å². The van der Waals surface area contributed by atoms with E-state index < -0.39 is 11.8 Å². The lowest BCUT2D eigenvalue weighted by Gasteiger charge is -2.07. The molecule has 2 aromatic carbocycles. The van der Waals surface area contributed by atoms with E-state index in [-0.39, 0.29) is 11.6 Å². The van der Waals surface area contributed by atoms with Crippen LogP contribution in [-0.4, -0.2) is 31.2 Å². The van der Waals surface area contributed by atoms with Crippen LogP contribution in [0.1, 0.15) is 15.9 Å². The highest BCUT2D eigenvalue weighted by Gasteiger charge is 2.09. The van der Waals surface area contributed by atoms with Gasteiger partial charge in [0.25, 0.3) is 11.8 Å². The molecular formula is C19H17Cl2N3O3. The van der Waals surface area contributed by atoms with Crippen LogP contribution in [0, 0.1) is 0 Å². The number of para-hydroxylation sites is 1. The summed E-state index contributed by atoms with van der Waals surface area (Å²) < 4.78 is 5.49. The topological polar surface area (TPSA) is 79.8 Å². The van der Waals surface area contributed by atoms with Crippen molar-refractivity contribution >= 4 is 41.2 Å². The molecule has 2 N–H and O–H groups in total. The first-order valence-electron chi connectivity index (χ1n) is 7.89. The highest BCUT2D eigenvalue weighted by molar-refractivity contribution is 6.42. The fourth-order valence-corrected chi connectivity index (χ4v) is 2.28. The van der Waals surface area contributed by atoms with E-state index in [1.165, 1.54) is 24.4 Å². The van der Waals surface area contributed by atoms with Crippen LogP contribution in [-0.2, 0) is 4.79 Å². The molecule has 0 heterocycles. The Bertz CT molecular complexity index is 869. The number of hydrazone groups is 1. The van der Waals surface area contributed by atoms with Crippen molar-refractivity contribution < 1.29 is 14.3 Å². The van der Waals surface area contributed by atoms with Gasteiger partial charge in [-0.2, -0.15) is 5.10 Å². The molecule has 0 atom stereocenters. The molecule has 0 spiro atoms. The van der Waals surface area contributed by atoms with Crippen LogP contribution < -0.4 is 15.5 Å². The minimum Gasteiger partial charge on any atom is -0.489 e. The van der Waals surface area contributed by atoms with Gasteiger partial charge < -0.3 is 10.1 Å². The van der Waals surface area contributed by atoms with Crippen LogP contribution in [0.4, 0.5) is 0 Å². The van der Waals surface area contributed by atoms with E-state index >= 15 is 0 Å². The van der Waals surface area contributed by atoms with E-state index in [2.05, 4.69) is 22.4 Å². The van der Waals surface area contributed by atoms with Crippen LogP contribution in [0.5, 0.6) is 5.75 Å². The van der Waals surface area contributed by atoms with Crippen LogP contribution in [0.3, 0.4) is 0 Å². The molecule has 2 amide bonds. The Morgan fingerprint density at radius 2 is 1.93 bits per heavy atom. The van der Waals surface area contributed by atoms with Gasteiger partial charge in [-0.25, -0.2) is 5.43 Å². The standard InChI is InChI=1S/C19H17Cl2N3O3/c1-2-9-27-17-6-4-3-5-14(17)11-23-24-18(25)12-22-19(26)13-7-8-15(20)16(21)10-13/h2-8,10-11H,1,9,12H2,(H,22,26)(H,24,25)/b23-11-. The summed E-state index contributed by atoms with van der Waals surface area (Å²) in [6.45, 7) is 3.71. The van der Waals surface area contributed by atoms with E-state index in [0.717, 1.165) is 0 Å². The third-order valence-corrected chi connectivity index (χ3v) is 4.00. The average molecular weight is 406 g/mol. The summed E-state index contributed by atoms with van der Waals surface area (Å²) >= 11 is 11.7. The molecule has 0 saturated carbocycles. The molecule has 0 radical (unpaired) electrons. The average Bonchev–Trinajstić information content (AvgIpc) is 2.67. The molecule has 2 aromatic rings. The number of nitrogens with zero attached hydrogens (tertiary/aromatic N) is 1. The van der Waals surface area contributed by atoms with Gasteiger partial charge >= 0.3 is 0 Å². The van der Waals surface area contributed by atoms with Crippen molar-refractivity contribution in [1.29, 1.82) is 0 Å². The fraction of sp³-hybridized carbons (Fsp3) is 0.105. The molecule has 0 saturated heterocycles. The Labute approximate surface area is 166 Å². The van der Waals surface area contributed by atoms with Crippen LogP contribution in [0.2, 0.25) is 10.0 Å². The molecule has 27 heavy (non-hydrogen) atoms. The summed E-state index contributed by atoms with van der Waals surface area (Å²) in [4.78, 5) is 23.8. The molecule has 0 fully saturated rings. The monoisotopic (exact) mass is 405 g/mol. The zero-order chi connectivity index (χ0) is 19.6. The van der Waals surface area contributed by atoms with Crippen LogP contribution in [0.25, 0.3) is 0 Å². The number of carbonyl (C=O) groups excluding carboxylic acids is 2. The van der Waals surface area contributed by atoms with Crippen molar-refractivity contribution in [1.82, 2.24) is 10.7 Å². The highest BCUT2D eigenvalue weighted by atomic mass is 35.5. The third kappa shape index (κ3) is 6.44. The number of halogens is 2. The van der Waals surface area contributed by atoms with Crippen molar-refractivity contribution in [2.45, 2.75) is 0 Å². The van der Waals surface area contributed by atoms with Gasteiger partial charge in [0.15, 0.2) is 0 Å². The first kappa shape index (κ1) is 20.5. The Balaban J connectivity index is 1.85. The van der Waals surface area contributed by atoms with Gasteiger partial charge in [0.05, 0.1) is 22.8 Å². The predicted octanol–water partition coefficient (Wildman–Crippen LogP) is 3.44. The minimum atomic E-state index is -0.482. The number of hydrogen-bond acceptors (Lipinski definition) is 4. The third-order valence-electron chi connectivity index (χ3n) is 3.26. The Kier molecular flexibility index (Phi) is 7.85. The summed E-state index contributed by atoms with van der Waals surface area (Å²) in [7, 11) is 0. The number of amides is 2. The number of carbonyl (C=O) groups is 2. The van der Waals surface area contributed by atoms with Gasteiger partial charge in [0, 0.05) is 11.1 Å². The Morgan fingerprint density at radius 3 is 2.67 bits per heavy atom. The molecule has 2 rings (SSSR count). The maximum absolute atomic E-state index is 12.0. The SMILES string of the molecule is C=CCOc1ccccc1/C=N\NC(=O)CNC(=O)c1ccc(Cl)c(Cl)c1. The largest absolute Gasteiger partial charge is 0.489 e. The maximum atomic E-state index is 12.0. The van der Waals surface area contributed by atoms with Crippen LogP contribution >= 0.6 is 23.2 Å². The summed E-state index contributed by atoms with van der Waals surface area (Å²) in [6.07, 6.45) is 3.09. The highest BCUT2D eigenvalue weighted by Crippen LogP contribution is 2.22. The zero-order valence-corrected chi connectivity index (χ0v) is 15.8. The molecule has 0 unspecified atom stereocenters. The number of nitrogens with one attached hydrogen (secondary N) is 2. The molecule has 140 valence electrons. The summed E-state index contributed by atoms with van der Waals surface area (Å²) in [5.74, 6) is -0.316. The van der Waals surface area contributed by atoms with Gasteiger partial charge in [-0.15, -0.1) is 0 Å².